The molecular weight excluding hydrogens is 518 g/mol. The van der Waals surface area contributed by atoms with Crippen LogP contribution in [0, 0.1) is 17.5 Å². The molecule has 0 radical (unpaired) electrons. The summed E-state index contributed by atoms with van der Waals surface area (Å²) in [5.41, 5.74) is -1.61. The van der Waals surface area contributed by atoms with E-state index in [9.17, 15) is 31.1 Å². The van der Waals surface area contributed by atoms with Crippen LogP contribution in [0.1, 0.15) is 21.7 Å². The van der Waals surface area contributed by atoms with Crippen LogP contribution >= 0.6 is 0 Å². The van der Waals surface area contributed by atoms with E-state index in [0.717, 1.165) is 23.0 Å². The highest BCUT2D eigenvalue weighted by Gasteiger charge is 2.39. The summed E-state index contributed by atoms with van der Waals surface area (Å²) >= 11 is 0. The number of aromatic amines is 1. The summed E-state index contributed by atoms with van der Waals surface area (Å²) in [4.78, 5) is 16.8. The zero-order chi connectivity index (χ0) is 27.6. The number of hydrogen-bond donors (Lipinski definition) is 2. The number of amidine groups is 1. The Morgan fingerprint density at radius 2 is 1.87 bits per heavy atom. The van der Waals surface area contributed by atoms with Crippen molar-refractivity contribution in [2.45, 2.75) is 12.6 Å². The summed E-state index contributed by atoms with van der Waals surface area (Å²) in [5.74, 6) is -4.03. The number of alkyl halides is 3. The second-order valence-electron chi connectivity index (χ2n) is 7.98. The molecule has 2 N–H and O–H groups in total. The van der Waals surface area contributed by atoms with Crippen LogP contribution in [0.5, 0.6) is 5.75 Å². The monoisotopic (exact) mass is 536 g/mol. The van der Waals surface area contributed by atoms with E-state index in [-0.39, 0.29) is 23.7 Å². The number of nitrogens with one attached hydrogen (secondary N) is 2. The van der Waals surface area contributed by atoms with Gasteiger partial charge in [-0.3, -0.25) is 14.6 Å². The molecule has 38 heavy (non-hydrogen) atoms. The summed E-state index contributed by atoms with van der Waals surface area (Å²) < 4.78 is 87.5. The molecular formula is C24H18F6N6O2. The number of amides is 1. The third-order valence-corrected chi connectivity index (χ3v) is 5.20. The maximum absolute atomic E-state index is 14.3. The Hall–Kier alpha value is -4.62. The van der Waals surface area contributed by atoms with Crippen molar-refractivity contribution < 1.29 is 35.9 Å². The largest absolute Gasteiger partial charge is 0.494 e. The number of aliphatic imine (C=N–C) groups is 1. The maximum atomic E-state index is 14.3. The molecule has 0 bridgehead atoms. The number of halogens is 6. The molecule has 4 rings (SSSR count). The second-order valence-corrected chi connectivity index (χ2v) is 7.98. The van der Waals surface area contributed by atoms with Gasteiger partial charge in [0, 0.05) is 37.0 Å². The summed E-state index contributed by atoms with van der Waals surface area (Å²) in [7, 11) is 2.52. The molecule has 0 unspecified atom stereocenters. The number of benzene rings is 2. The molecule has 0 saturated carbocycles. The van der Waals surface area contributed by atoms with Gasteiger partial charge in [-0.2, -0.15) is 23.4 Å². The molecule has 8 nitrogen and oxygen atoms in total. The predicted octanol–water partition coefficient (Wildman–Crippen LogP) is 4.96. The molecule has 14 heteroatoms. The second kappa shape index (κ2) is 10.4. The standard InChI is InChI=1S/C24H18F6N6O2/c1-36-11-15(22(35-36)24(28,29)30)23(37)32-21(31-18-5-4-13(25)8-16(18)26)10-14-9-19(34-33-14)12-3-6-20(38-2)17(27)7-12/h3-9,11H,10H2,1-2H3,(H,33,34)(H,31,32,37). The van der Waals surface area contributed by atoms with Crippen molar-refractivity contribution in [2.24, 2.45) is 12.0 Å². The molecule has 0 aliphatic heterocycles. The smallest absolute Gasteiger partial charge is 0.435 e. The fourth-order valence-electron chi connectivity index (χ4n) is 3.50. The molecule has 0 atom stereocenters. The first kappa shape index (κ1) is 26.4. The Bertz CT molecular complexity index is 1530. The molecule has 198 valence electrons. The van der Waals surface area contributed by atoms with Crippen molar-refractivity contribution in [1.82, 2.24) is 25.3 Å². The summed E-state index contributed by atoms with van der Waals surface area (Å²) in [6.07, 6.45) is -4.31. The number of ether oxygens (including phenoxy) is 1. The van der Waals surface area contributed by atoms with Gasteiger partial charge in [0.2, 0.25) is 0 Å². The van der Waals surface area contributed by atoms with Crippen molar-refractivity contribution in [3.8, 4) is 17.0 Å². The molecule has 2 heterocycles. The highest BCUT2D eigenvalue weighted by atomic mass is 19.4. The zero-order valence-electron chi connectivity index (χ0n) is 19.7. The Morgan fingerprint density at radius 3 is 2.53 bits per heavy atom. The van der Waals surface area contributed by atoms with E-state index >= 15 is 0 Å². The van der Waals surface area contributed by atoms with Crippen molar-refractivity contribution in [1.29, 1.82) is 0 Å². The number of aromatic nitrogens is 4. The minimum atomic E-state index is -4.92. The minimum Gasteiger partial charge on any atom is -0.494 e. The third kappa shape index (κ3) is 5.85. The molecule has 4 aromatic rings. The Morgan fingerprint density at radius 1 is 1.11 bits per heavy atom. The number of carbonyl (C=O) groups is 1. The number of methoxy groups -OCH3 is 1. The predicted molar refractivity (Wildman–Crippen MR) is 123 cm³/mol. The molecule has 0 aliphatic rings. The van der Waals surface area contributed by atoms with Crippen LogP contribution < -0.4 is 10.1 Å². The van der Waals surface area contributed by atoms with Crippen molar-refractivity contribution in [3.63, 3.8) is 0 Å². The van der Waals surface area contributed by atoms with Gasteiger partial charge >= 0.3 is 6.18 Å². The minimum absolute atomic E-state index is 0.0246. The molecule has 0 spiro atoms. The van der Waals surface area contributed by atoms with Gasteiger partial charge in [0.05, 0.1) is 18.4 Å². The number of carbonyl (C=O) groups excluding carboxylic acids is 1. The van der Waals surface area contributed by atoms with E-state index in [1.807, 2.05) is 0 Å². The zero-order valence-corrected chi connectivity index (χ0v) is 19.7. The number of hydrogen-bond acceptors (Lipinski definition) is 5. The van der Waals surface area contributed by atoms with E-state index in [4.69, 9.17) is 4.74 Å². The summed E-state index contributed by atoms with van der Waals surface area (Å²) in [6, 6.07) is 8.11. The Labute approximate surface area is 211 Å². The van der Waals surface area contributed by atoms with E-state index in [1.54, 1.807) is 6.07 Å². The molecule has 2 aromatic carbocycles. The van der Waals surface area contributed by atoms with E-state index in [0.29, 0.717) is 23.0 Å². The third-order valence-electron chi connectivity index (χ3n) is 5.20. The lowest BCUT2D eigenvalue weighted by atomic mass is 10.1. The molecule has 0 aliphatic carbocycles. The molecule has 2 aromatic heterocycles. The van der Waals surface area contributed by atoms with Crippen LogP contribution in [0.2, 0.25) is 0 Å². The quantitative estimate of drug-likeness (QED) is 0.207. The van der Waals surface area contributed by atoms with Gasteiger partial charge in [0.25, 0.3) is 5.91 Å². The number of rotatable bonds is 6. The Kier molecular flexibility index (Phi) is 7.23. The van der Waals surface area contributed by atoms with Crippen LogP contribution in [0.25, 0.3) is 11.3 Å². The summed E-state index contributed by atoms with van der Waals surface area (Å²) in [6.45, 7) is 0. The lowest BCUT2D eigenvalue weighted by Gasteiger charge is -2.10. The lowest BCUT2D eigenvalue weighted by molar-refractivity contribution is -0.141. The average molecular weight is 536 g/mol. The van der Waals surface area contributed by atoms with Gasteiger partial charge in [-0.25, -0.2) is 18.2 Å². The number of aryl methyl sites for hydroxylation is 1. The number of H-pyrrole nitrogens is 1. The SMILES string of the molecule is COc1ccc(-c2cc(CC(=Nc3ccc(F)cc3F)NC(=O)c3cn(C)nc3C(F)(F)F)[nH]n2)cc1F. The van der Waals surface area contributed by atoms with Crippen molar-refractivity contribution in [3.05, 3.63) is 83.1 Å². The van der Waals surface area contributed by atoms with Crippen molar-refractivity contribution in [2.75, 3.05) is 7.11 Å². The first-order valence-electron chi connectivity index (χ1n) is 10.8. The van der Waals surface area contributed by atoms with Crippen molar-refractivity contribution >= 4 is 17.4 Å². The highest BCUT2D eigenvalue weighted by Crippen LogP contribution is 2.31. The lowest BCUT2D eigenvalue weighted by Crippen LogP contribution is -2.33. The first-order valence-corrected chi connectivity index (χ1v) is 10.8. The van der Waals surface area contributed by atoms with Crippen LogP contribution in [-0.4, -0.2) is 38.8 Å². The van der Waals surface area contributed by atoms with Gasteiger partial charge in [-0.05, 0) is 36.4 Å². The topological polar surface area (TPSA) is 97.2 Å². The van der Waals surface area contributed by atoms with Gasteiger partial charge in [-0.15, -0.1) is 0 Å². The van der Waals surface area contributed by atoms with Gasteiger partial charge in [-0.1, -0.05) is 0 Å². The van der Waals surface area contributed by atoms with E-state index < -0.39 is 40.8 Å². The van der Waals surface area contributed by atoms with E-state index in [2.05, 4.69) is 25.6 Å². The summed E-state index contributed by atoms with van der Waals surface area (Å²) in [5, 5.41) is 12.3. The van der Waals surface area contributed by atoms with Crippen LogP contribution in [0.4, 0.5) is 32.0 Å². The Balaban J connectivity index is 1.67. The first-order chi connectivity index (χ1) is 17.9. The molecule has 0 saturated heterocycles. The average Bonchev–Trinajstić information content (AvgIpc) is 3.47. The highest BCUT2D eigenvalue weighted by molar-refractivity contribution is 6.08. The molecule has 0 fully saturated rings. The fourth-order valence-corrected chi connectivity index (χ4v) is 3.50. The van der Waals surface area contributed by atoms with Gasteiger partial charge < -0.3 is 10.1 Å². The van der Waals surface area contributed by atoms with Crippen LogP contribution in [0.15, 0.2) is 53.7 Å². The number of nitrogens with zero attached hydrogens (tertiary/aromatic N) is 4. The maximum Gasteiger partial charge on any atom is 0.435 e. The normalized spacial score (nSPS) is 12.1. The van der Waals surface area contributed by atoms with Gasteiger partial charge in [0.1, 0.15) is 17.3 Å². The van der Waals surface area contributed by atoms with Crippen LogP contribution in [0.3, 0.4) is 0 Å². The van der Waals surface area contributed by atoms with Crippen LogP contribution in [-0.2, 0) is 19.6 Å². The van der Waals surface area contributed by atoms with Gasteiger partial charge in [0.15, 0.2) is 23.1 Å². The molecule has 1 amide bonds. The van der Waals surface area contributed by atoms with E-state index in [1.165, 1.54) is 32.4 Å². The fraction of sp³-hybridized carbons (Fsp3) is 0.167.